The first kappa shape index (κ1) is 13.4. The third-order valence-corrected chi connectivity index (χ3v) is 2.08. The normalized spacial score (nSPS) is 23.5. The van der Waals surface area contributed by atoms with Crippen LogP contribution >= 0.6 is 0 Å². The maximum atomic E-state index is 10.8. The summed E-state index contributed by atoms with van der Waals surface area (Å²) in [4.78, 5) is 21.3. The summed E-state index contributed by atoms with van der Waals surface area (Å²) < 4.78 is 0. The highest BCUT2D eigenvalue weighted by Crippen LogP contribution is 2.31. The van der Waals surface area contributed by atoms with Crippen molar-refractivity contribution >= 4 is 11.9 Å². The van der Waals surface area contributed by atoms with Crippen molar-refractivity contribution in [3.05, 3.63) is 23.8 Å². The van der Waals surface area contributed by atoms with Crippen LogP contribution in [0.1, 0.15) is 13.3 Å². The fourth-order valence-electron chi connectivity index (χ4n) is 1.18. The van der Waals surface area contributed by atoms with E-state index in [2.05, 4.69) is 5.73 Å². The van der Waals surface area contributed by atoms with Gasteiger partial charge in [0.2, 0.25) is 0 Å². The predicted molar refractivity (Wildman–Crippen MR) is 55.3 cm³/mol. The molecule has 0 aromatic carbocycles. The Kier molecular flexibility index (Phi) is 4.73. The third-order valence-electron chi connectivity index (χ3n) is 2.08. The third kappa shape index (κ3) is 3.21. The molecule has 0 heterocycles. The molecule has 1 unspecified atom stereocenters. The van der Waals surface area contributed by atoms with Crippen LogP contribution in [0.3, 0.4) is 0 Å². The lowest BCUT2D eigenvalue weighted by Crippen LogP contribution is -2.28. The van der Waals surface area contributed by atoms with Crippen LogP contribution in [0.5, 0.6) is 0 Å². The van der Waals surface area contributed by atoms with E-state index >= 15 is 0 Å². The summed E-state index contributed by atoms with van der Waals surface area (Å²) in [6.45, 7) is 1.50. The van der Waals surface area contributed by atoms with E-state index < -0.39 is 17.4 Å². The molecule has 5 nitrogen and oxygen atoms in total. The van der Waals surface area contributed by atoms with Gasteiger partial charge in [0.05, 0.1) is 5.41 Å². The van der Waals surface area contributed by atoms with Crippen molar-refractivity contribution in [3.63, 3.8) is 0 Å². The standard InChI is InChI=1S/C9H10O4.CH5N/c1-9(8(12)13)4-2-3-6(5-9)7(10)11;1-2/h2-4H,5H2,1H3,(H,10,11)(H,12,13);2H2,1H3. The minimum absolute atomic E-state index is 0.0359. The summed E-state index contributed by atoms with van der Waals surface area (Å²) in [5.41, 5.74) is 3.55. The summed E-state index contributed by atoms with van der Waals surface area (Å²) in [6, 6.07) is 0. The predicted octanol–water partition coefficient (Wildman–Crippen LogP) is 0.623. The molecule has 0 fully saturated rings. The van der Waals surface area contributed by atoms with E-state index in [9.17, 15) is 9.59 Å². The van der Waals surface area contributed by atoms with Gasteiger partial charge in [0.1, 0.15) is 0 Å². The number of allylic oxidation sites excluding steroid dienone is 2. The Hall–Kier alpha value is -1.62. The Morgan fingerprint density at radius 1 is 1.40 bits per heavy atom. The minimum atomic E-state index is -1.08. The first-order valence-electron chi connectivity index (χ1n) is 4.38. The van der Waals surface area contributed by atoms with Crippen LogP contribution in [0, 0.1) is 5.41 Å². The van der Waals surface area contributed by atoms with Crippen molar-refractivity contribution in [2.45, 2.75) is 13.3 Å². The van der Waals surface area contributed by atoms with Crippen molar-refractivity contribution < 1.29 is 19.8 Å². The molecule has 1 atom stereocenters. The molecular weight excluding hydrogens is 198 g/mol. The molecule has 1 rings (SSSR count). The first-order chi connectivity index (χ1) is 6.96. The van der Waals surface area contributed by atoms with Gasteiger partial charge in [-0.3, -0.25) is 4.79 Å². The van der Waals surface area contributed by atoms with Gasteiger partial charge in [-0.25, -0.2) is 4.79 Å². The van der Waals surface area contributed by atoms with Crippen LogP contribution in [0.4, 0.5) is 0 Å². The zero-order chi connectivity index (χ0) is 12.1. The molecule has 0 saturated heterocycles. The number of hydrogen-bond acceptors (Lipinski definition) is 3. The Bertz CT molecular complexity index is 319. The molecule has 15 heavy (non-hydrogen) atoms. The molecule has 5 heteroatoms. The van der Waals surface area contributed by atoms with Gasteiger partial charge >= 0.3 is 11.9 Å². The first-order valence-corrected chi connectivity index (χ1v) is 4.38. The smallest absolute Gasteiger partial charge is 0.331 e. The van der Waals surface area contributed by atoms with E-state index in [1.165, 1.54) is 32.2 Å². The highest BCUT2D eigenvalue weighted by molar-refractivity contribution is 5.90. The summed E-state index contributed by atoms with van der Waals surface area (Å²) in [7, 11) is 1.50. The van der Waals surface area contributed by atoms with Gasteiger partial charge < -0.3 is 15.9 Å². The molecule has 0 spiro atoms. The maximum absolute atomic E-state index is 10.8. The second-order valence-electron chi connectivity index (χ2n) is 3.26. The monoisotopic (exact) mass is 213 g/mol. The Morgan fingerprint density at radius 2 is 1.93 bits per heavy atom. The molecule has 0 aliphatic heterocycles. The van der Waals surface area contributed by atoms with Gasteiger partial charge in [-0.1, -0.05) is 18.2 Å². The van der Waals surface area contributed by atoms with Gasteiger partial charge in [-0.15, -0.1) is 0 Å². The number of rotatable bonds is 2. The van der Waals surface area contributed by atoms with E-state index in [4.69, 9.17) is 10.2 Å². The Morgan fingerprint density at radius 3 is 2.33 bits per heavy atom. The van der Waals surface area contributed by atoms with E-state index in [0.29, 0.717) is 0 Å². The molecule has 0 amide bonds. The zero-order valence-electron chi connectivity index (χ0n) is 8.73. The summed E-state index contributed by atoms with van der Waals surface area (Å²) in [6.07, 6.45) is 4.43. The molecule has 0 bridgehead atoms. The molecule has 4 N–H and O–H groups in total. The Labute approximate surface area is 87.9 Å². The van der Waals surface area contributed by atoms with Crippen molar-refractivity contribution in [2.24, 2.45) is 11.1 Å². The number of nitrogens with two attached hydrogens (primary N) is 1. The zero-order valence-corrected chi connectivity index (χ0v) is 8.73. The number of hydrogen-bond donors (Lipinski definition) is 3. The van der Waals surface area contributed by atoms with Gasteiger partial charge in [0, 0.05) is 5.57 Å². The number of aliphatic carboxylic acids is 2. The maximum Gasteiger partial charge on any atom is 0.331 e. The summed E-state index contributed by atoms with van der Waals surface area (Å²) in [5.74, 6) is -2.06. The second-order valence-corrected chi connectivity index (χ2v) is 3.26. The topological polar surface area (TPSA) is 101 Å². The van der Waals surface area contributed by atoms with E-state index in [0.717, 1.165) is 0 Å². The average molecular weight is 213 g/mol. The van der Waals surface area contributed by atoms with Gasteiger partial charge in [0.25, 0.3) is 0 Å². The molecule has 1 aliphatic carbocycles. The van der Waals surface area contributed by atoms with Crippen molar-refractivity contribution in [1.29, 1.82) is 0 Å². The highest BCUT2D eigenvalue weighted by Gasteiger charge is 2.34. The molecule has 0 aromatic rings. The number of carboxylic acid groups (broad SMARTS) is 2. The van der Waals surface area contributed by atoms with E-state index in [1.54, 1.807) is 0 Å². The van der Waals surface area contributed by atoms with Gasteiger partial charge in [0.15, 0.2) is 0 Å². The summed E-state index contributed by atoms with van der Waals surface area (Å²) in [5, 5.41) is 17.5. The SMILES string of the molecule is CC1(C(=O)O)C=CC=C(C(=O)O)C1.CN. The number of carbonyl (C=O) groups is 2. The average Bonchev–Trinajstić information content (AvgIpc) is 2.20. The van der Waals surface area contributed by atoms with Gasteiger partial charge in [-0.2, -0.15) is 0 Å². The minimum Gasteiger partial charge on any atom is -0.481 e. The van der Waals surface area contributed by atoms with Crippen LogP contribution in [-0.2, 0) is 9.59 Å². The van der Waals surface area contributed by atoms with Crippen LogP contribution in [0.2, 0.25) is 0 Å². The second kappa shape index (κ2) is 5.31. The largest absolute Gasteiger partial charge is 0.481 e. The van der Waals surface area contributed by atoms with Crippen LogP contribution < -0.4 is 5.73 Å². The van der Waals surface area contributed by atoms with Crippen molar-refractivity contribution in [2.75, 3.05) is 7.05 Å². The van der Waals surface area contributed by atoms with Gasteiger partial charge in [-0.05, 0) is 20.4 Å². The quantitative estimate of drug-likeness (QED) is 0.624. The van der Waals surface area contributed by atoms with E-state index in [1.807, 2.05) is 0 Å². The lowest BCUT2D eigenvalue weighted by molar-refractivity contribution is -0.145. The van der Waals surface area contributed by atoms with Crippen molar-refractivity contribution in [3.8, 4) is 0 Å². The fourth-order valence-corrected chi connectivity index (χ4v) is 1.18. The van der Waals surface area contributed by atoms with Crippen LogP contribution in [0.15, 0.2) is 23.8 Å². The highest BCUT2D eigenvalue weighted by atomic mass is 16.4. The lowest BCUT2D eigenvalue weighted by atomic mass is 9.80. The number of carboxylic acids is 2. The lowest BCUT2D eigenvalue weighted by Gasteiger charge is -2.23. The molecule has 84 valence electrons. The van der Waals surface area contributed by atoms with Crippen LogP contribution in [-0.4, -0.2) is 29.2 Å². The molecule has 1 aliphatic rings. The van der Waals surface area contributed by atoms with Crippen LogP contribution in [0.25, 0.3) is 0 Å². The Balaban J connectivity index is 0.000000921. The van der Waals surface area contributed by atoms with E-state index in [-0.39, 0.29) is 12.0 Å². The molecule has 0 aromatic heterocycles. The molecule has 0 saturated carbocycles. The molecular formula is C10H15NO4. The summed E-state index contributed by atoms with van der Waals surface area (Å²) >= 11 is 0. The fraction of sp³-hybridized carbons (Fsp3) is 0.400. The molecule has 0 radical (unpaired) electrons. The van der Waals surface area contributed by atoms with Crippen molar-refractivity contribution in [1.82, 2.24) is 0 Å².